The molecule has 0 radical (unpaired) electrons. The molecule has 1 aliphatic heterocycles. The summed E-state index contributed by atoms with van der Waals surface area (Å²) in [5.74, 6) is -0.102. The lowest BCUT2D eigenvalue weighted by Gasteiger charge is -2.29. The molecule has 23 heavy (non-hydrogen) atoms. The minimum atomic E-state index is -0.102. The highest BCUT2D eigenvalue weighted by Gasteiger charge is 2.25. The first-order chi connectivity index (χ1) is 11.3. The molecular weight excluding hydrogens is 310 g/mol. The highest BCUT2D eigenvalue weighted by molar-refractivity contribution is 6.31. The number of hydrogen-bond acceptors (Lipinski definition) is 3. The van der Waals surface area contributed by atoms with Crippen LogP contribution in [0.1, 0.15) is 34.8 Å². The van der Waals surface area contributed by atoms with Gasteiger partial charge in [0, 0.05) is 24.0 Å². The van der Waals surface area contributed by atoms with E-state index in [-0.39, 0.29) is 11.9 Å². The zero-order valence-electron chi connectivity index (χ0n) is 12.9. The minimum Gasteiger partial charge on any atom is -0.350 e. The predicted molar refractivity (Wildman–Crippen MR) is 91.6 cm³/mol. The molecule has 1 unspecified atom stereocenters. The van der Waals surface area contributed by atoms with Gasteiger partial charge in [-0.15, -0.1) is 0 Å². The highest BCUT2D eigenvalue weighted by Crippen LogP contribution is 2.29. The van der Waals surface area contributed by atoms with Gasteiger partial charge in [-0.2, -0.15) is 0 Å². The van der Waals surface area contributed by atoms with Gasteiger partial charge in [0.2, 0.25) is 0 Å². The number of nitrogens with one attached hydrogen (secondary N) is 1. The van der Waals surface area contributed by atoms with Gasteiger partial charge in [0.25, 0.3) is 5.91 Å². The molecule has 1 saturated heterocycles. The van der Waals surface area contributed by atoms with Crippen molar-refractivity contribution in [3.63, 3.8) is 0 Å². The van der Waals surface area contributed by atoms with Crippen LogP contribution >= 0.6 is 11.6 Å². The molecule has 1 aromatic heterocycles. The second-order valence-corrected chi connectivity index (χ2v) is 6.14. The third-order valence-corrected chi connectivity index (χ3v) is 4.57. The largest absolute Gasteiger partial charge is 0.350 e. The molecule has 0 aliphatic carbocycles. The summed E-state index contributed by atoms with van der Waals surface area (Å²) in [5, 5.41) is 3.77. The SMILES string of the molecule is O=C(NCC(c1ccccc1Cl)N1CCCC1)c1cccnc1. The summed E-state index contributed by atoms with van der Waals surface area (Å²) >= 11 is 6.38. The highest BCUT2D eigenvalue weighted by atomic mass is 35.5. The number of nitrogens with zero attached hydrogens (tertiary/aromatic N) is 2. The van der Waals surface area contributed by atoms with Gasteiger partial charge in [0.15, 0.2) is 0 Å². The number of carbonyl (C=O) groups excluding carboxylic acids is 1. The average molecular weight is 330 g/mol. The van der Waals surface area contributed by atoms with Crippen LogP contribution in [-0.4, -0.2) is 35.4 Å². The van der Waals surface area contributed by atoms with Gasteiger partial charge >= 0.3 is 0 Å². The predicted octanol–water partition coefficient (Wildman–Crippen LogP) is 3.30. The lowest BCUT2D eigenvalue weighted by atomic mass is 10.1. The number of rotatable bonds is 5. The first-order valence-corrected chi connectivity index (χ1v) is 8.30. The summed E-state index contributed by atoms with van der Waals surface area (Å²) in [6.07, 6.45) is 5.62. The second-order valence-electron chi connectivity index (χ2n) is 5.73. The van der Waals surface area contributed by atoms with Crippen LogP contribution < -0.4 is 5.32 Å². The van der Waals surface area contributed by atoms with Crippen molar-refractivity contribution >= 4 is 17.5 Å². The number of carbonyl (C=O) groups is 1. The molecule has 4 nitrogen and oxygen atoms in total. The molecular formula is C18H20ClN3O. The molecule has 1 aromatic carbocycles. The Hall–Kier alpha value is -1.91. The van der Waals surface area contributed by atoms with Crippen molar-refractivity contribution in [2.45, 2.75) is 18.9 Å². The summed E-state index contributed by atoms with van der Waals surface area (Å²) in [6, 6.07) is 11.5. The monoisotopic (exact) mass is 329 g/mol. The minimum absolute atomic E-state index is 0.102. The Kier molecular flexibility index (Phi) is 5.26. The van der Waals surface area contributed by atoms with Crippen LogP contribution in [0.2, 0.25) is 5.02 Å². The molecule has 5 heteroatoms. The van der Waals surface area contributed by atoms with Crippen molar-refractivity contribution < 1.29 is 4.79 Å². The Morgan fingerprint density at radius 3 is 2.70 bits per heavy atom. The van der Waals surface area contributed by atoms with Gasteiger partial charge in [0.05, 0.1) is 11.6 Å². The van der Waals surface area contributed by atoms with Crippen LogP contribution in [0.5, 0.6) is 0 Å². The Morgan fingerprint density at radius 1 is 1.22 bits per heavy atom. The van der Waals surface area contributed by atoms with E-state index < -0.39 is 0 Å². The quantitative estimate of drug-likeness (QED) is 0.915. The Balaban J connectivity index is 1.74. The first kappa shape index (κ1) is 16.0. The topological polar surface area (TPSA) is 45.2 Å². The molecule has 1 N–H and O–H groups in total. The maximum Gasteiger partial charge on any atom is 0.252 e. The fraction of sp³-hybridized carbons (Fsp3) is 0.333. The van der Waals surface area contributed by atoms with E-state index in [0.717, 1.165) is 23.7 Å². The van der Waals surface area contributed by atoms with Crippen molar-refractivity contribution in [1.82, 2.24) is 15.2 Å². The molecule has 1 aliphatic rings. The van der Waals surface area contributed by atoms with Gasteiger partial charge in [-0.1, -0.05) is 29.8 Å². The fourth-order valence-corrected chi connectivity index (χ4v) is 3.28. The number of likely N-dealkylation sites (tertiary alicyclic amines) is 1. The molecule has 1 atom stereocenters. The summed E-state index contributed by atoms with van der Waals surface area (Å²) in [4.78, 5) is 18.7. The zero-order valence-corrected chi connectivity index (χ0v) is 13.7. The van der Waals surface area contributed by atoms with Crippen molar-refractivity contribution in [2.24, 2.45) is 0 Å². The maximum absolute atomic E-state index is 12.3. The Bertz CT molecular complexity index is 656. The number of pyridine rings is 1. The van der Waals surface area contributed by atoms with E-state index in [0.29, 0.717) is 12.1 Å². The number of aromatic nitrogens is 1. The molecule has 3 rings (SSSR count). The third kappa shape index (κ3) is 3.89. The van der Waals surface area contributed by atoms with Gasteiger partial charge < -0.3 is 5.32 Å². The lowest BCUT2D eigenvalue weighted by molar-refractivity contribution is 0.0937. The molecule has 0 spiro atoms. The number of hydrogen-bond donors (Lipinski definition) is 1. The standard InChI is InChI=1S/C18H20ClN3O/c19-16-8-2-1-7-15(16)17(22-10-3-4-11-22)13-21-18(23)14-6-5-9-20-12-14/h1-2,5-9,12,17H,3-4,10-11,13H2,(H,21,23). The fourth-order valence-electron chi connectivity index (χ4n) is 3.02. The number of amides is 1. The molecule has 1 amide bonds. The van der Waals surface area contributed by atoms with Crippen LogP contribution in [0.4, 0.5) is 0 Å². The second kappa shape index (κ2) is 7.57. The van der Waals surface area contributed by atoms with E-state index in [1.54, 1.807) is 24.5 Å². The van der Waals surface area contributed by atoms with E-state index in [2.05, 4.69) is 15.2 Å². The van der Waals surface area contributed by atoms with Crippen LogP contribution in [0.15, 0.2) is 48.8 Å². The number of halogens is 1. The lowest BCUT2D eigenvalue weighted by Crippen LogP contribution is -2.37. The van der Waals surface area contributed by atoms with Crippen molar-refractivity contribution in [3.8, 4) is 0 Å². The van der Waals surface area contributed by atoms with Crippen molar-refractivity contribution in [3.05, 3.63) is 64.9 Å². The van der Waals surface area contributed by atoms with Crippen molar-refractivity contribution in [1.29, 1.82) is 0 Å². The van der Waals surface area contributed by atoms with E-state index in [9.17, 15) is 4.79 Å². The van der Waals surface area contributed by atoms with Gasteiger partial charge in [-0.25, -0.2) is 0 Å². The molecule has 2 aromatic rings. The zero-order chi connectivity index (χ0) is 16.1. The normalized spacial score (nSPS) is 16.2. The molecule has 0 bridgehead atoms. The summed E-state index contributed by atoms with van der Waals surface area (Å²) in [6.45, 7) is 2.62. The van der Waals surface area contributed by atoms with E-state index in [1.807, 2.05) is 24.3 Å². The van der Waals surface area contributed by atoms with E-state index in [1.165, 1.54) is 12.8 Å². The molecule has 2 heterocycles. The summed E-state index contributed by atoms with van der Waals surface area (Å²) in [5.41, 5.74) is 1.65. The third-order valence-electron chi connectivity index (χ3n) is 4.23. The van der Waals surface area contributed by atoms with Crippen LogP contribution in [-0.2, 0) is 0 Å². The van der Waals surface area contributed by atoms with Crippen LogP contribution in [0.3, 0.4) is 0 Å². The molecule has 0 saturated carbocycles. The van der Waals surface area contributed by atoms with Gasteiger partial charge in [-0.05, 0) is 49.7 Å². The Labute approximate surface area is 141 Å². The van der Waals surface area contributed by atoms with Gasteiger partial charge in [0.1, 0.15) is 0 Å². The smallest absolute Gasteiger partial charge is 0.252 e. The number of benzene rings is 1. The Morgan fingerprint density at radius 2 is 2.00 bits per heavy atom. The summed E-state index contributed by atoms with van der Waals surface area (Å²) in [7, 11) is 0. The molecule has 1 fully saturated rings. The average Bonchev–Trinajstić information content (AvgIpc) is 3.11. The van der Waals surface area contributed by atoms with E-state index >= 15 is 0 Å². The van der Waals surface area contributed by atoms with Crippen LogP contribution in [0.25, 0.3) is 0 Å². The molecule has 120 valence electrons. The van der Waals surface area contributed by atoms with Crippen molar-refractivity contribution in [2.75, 3.05) is 19.6 Å². The van der Waals surface area contributed by atoms with Crippen LogP contribution in [0, 0.1) is 0 Å². The summed E-state index contributed by atoms with van der Waals surface area (Å²) < 4.78 is 0. The first-order valence-electron chi connectivity index (χ1n) is 7.92. The maximum atomic E-state index is 12.3. The van der Waals surface area contributed by atoms with E-state index in [4.69, 9.17) is 11.6 Å². The van der Waals surface area contributed by atoms with Gasteiger partial charge in [-0.3, -0.25) is 14.7 Å².